The fraction of sp³-hybridized carbons (Fsp3) is 0.422. The molecule has 0 spiro atoms. The lowest BCUT2D eigenvalue weighted by Crippen LogP contribution is -2.54. The van der Waals surface area contributed by atoms with Gasteiger partial charge < -0.3 is 29.0 Å². The topological polar surface area (TPSA) is 172 Å². The zero-order valence-electron chi connectivity index (χ0n) is 33.8. The van der Waals surface area contributed by atoms with Crippen LogP contribution >= 0.6 is 11.6 Å². The van der Waals surface area contributed by atoms with E-state index in [2.05, 4.69) is 15.6 Å². The Balaban J connectivity index is 0.741. The predicted molar refractivity (Wildman–Crippen MR) is 222 cm³/mol. The van der Waals surface area contributed by atoms with Gasteiger partial charge in [0.2, 0.25) is 17.7 Å². The summed E-state index contributed by atoms with van der Waals surface area (Å²) in [6, 6.07) is 15.5. The normalized spacial score (nSPS) is 19.5. The first kappa shape index (κ1) is 43.6. The van der Waals surface area contributed by atoms with Crippen LogP contribution in [-0.2, 0) is 28.6 Å². The van der Waals surface area contributed by atoms with Gasteiger partial charge in [0, 0.05) is 35.7 Å². The maximum Gasteiger partial charge on any atom is 0.266 e. The van der Waals surface area contributed by atoms with E-state index in [1.165, 1.54) is 12.1 Å². The standard InChI is InChI=1S/C45H48ClFN4O10/c1-27(28-5-7-29(8-6-28)32-15-16-48-36-12-9-30(47)25-34(32)36)42(53)49-31-10-11-35(46)39(26-31)61-24-22-59-20-18-57-17-19-58-21-23-60-38-4-2-3-33-41(38)45(56)51(44(33)55)37-13-14-40(52)50-43(37)54/h2-4,9-12,15-16,25-29,37H,5-8,13-14,17-24H2,1H3,(H,49,53)(H,50,52,54)/t27-,28?,29?,37?/m1/s1. The molecule has 1 saturated heterocycles. The summed E-state index contributed by atoms with van der Waals surface area (Å²) in [6.07, 6.45) is 5.52. The Morgan fingerprint density at radius 2 is 1.52 bits per heavy atom. The van der Waals surface area contributed by atoms with Crippen LogP contribution in [0.4, 0.5) is 10.1 Å². The molecular weight excluding hydrogens is 811 g/mol. The molecule has 7 rings (SSSR count). The van der Waals surface area contributed by atoms with E-state index in [1.54, 1.807) is 48.7 Å². The van der Waals surface area contributed by atoms with E-state index in [0.29, 0.717) is 48.8 Å². The van der Waals surface area contributed by atoms with Crippen LogP contribution < -0.4 is 20.1 Å². The number of nitrogens with one attached hydrogen (secondary N) is 2. The maximum absolute atomic E-state index is 14.0. The average Bonchev–Trinajstić information content (AvgIpc) is 3.51. The highest BCUT2D eigenvalue weighted by molar-refractivity contribution is 6.32. The van der Waals surface area contributed by atoms with E-state index in [9.17, 15) is 28.4 Å². The number of pyridine rings is 1. The highest BCUT2D eigenvalue weighted by Crippen LogP contribution is 2.41. The second-order valence-corrected chi connectivity index (χ2v) is 15.7. The number of amides is 5. The molecule has 14 nitrogen and oxygen atoms in total. The molecule has 3 aromatic carbocycles. The van der Waals surface area contributed by atoms with Gasteiger partial charge in [-0.25, -0.2) is 4.39 Å². The fourth-order valence-corrected chi connectivity index (χ4v) is 8.33. The summed E-state index contributed by atoms with van der Waals surface area (Å²) in [7, 11) is 0. The van der Waals surface area contributed by atoms with E-state index in [-0.39, 0.29) is 79.7 Å². The van der Waals surface area contributed by atoms with Crippen molar-refractivity contribution in [2.75, 3.05) is 58.2 Å². The number of imide groups is 2. The highest BCUT2D eigenvalue weighted by atomic mass is 35.5. The number of carbonyl (C=O) groups is 5. The van der Waals surface area contributed by atoms with E-state index < -0.39 is 29.7 Å². The zero-order valence-corrected chi connectivity index (χ0v) is 34.5. The number of ether oxygens (including phenoxy) is 5. The summed E-state index contributed by atoms with van der Waals surface area (Å²) in [4.78, 5) is 68.7. The van der Waals surface area contributed by atoms with Crippen molar-refractivity contribution in [3.63, 3.8) is 0 Å². The van der Waals surface area contributed by atoms with Gasteiger partial charge in [0.15, 0.2) is 0 Å². The fourth-order valence-electron chi connectivity index (χ4n) is 8.16. The van der Waals surface area contributed by atoms with E-state index in [1.807, 2.05) is 13.0 Å². The van der Waals surface area contributed by atoms with Crippen LogP contribution in [-0.4, -0.2) is 98.3 Å². The third-order valence-electron chi connectivity index (χ3n) is 11.4. The first-order valence-corrected chi connectivity index (χ1v) is 20.9. The summed E-state index contributed by atoms with van der Waals surface area (Å²) in [5.41, 5.74) is 2.73. The number of carbonyl (C=O) groups excluding carboxylic acids is 5. The molecule has 1 aromatic heterocycles. The van der Waals surface area contributed by atoms with Gasteiger partial charge in [-0.3, -0.25) is 39.2 Å². The van der Waals surface area contributed by atoms with Gasteiger partial charge in [-0.1, -0.05) is 24.6 Å². The van der Waals surface area contributed by atoms with Crippen LogP contribution in [0, 0.1) is 17.7 Å². The Hall–Kier alpha value is -5.48. The molecule has 2 atom stereocenters. The molecule has 2 aliphatic heterocycles. The number of hydrogen-bond acceptors (Lipinski definition) is 11. The van der Waals surface area contributed by atoms with Crippen molar-refractivity contribution in [2.45, 2.75) is 57.4 Å². The molecule has 1 saturated carbocycles. The summed E-state index contributed by atoms with van der Waals surface area (Å²) in [5, 5.41) is 6.48. The number of nitrogens with zero attached hydrogens (tertiary/aromatic N) is 2. The number of anilines is 1. The number of piperidine rings is 1. The molecule has 1 aliphatic carbocycles. The van der Waals surface area contributed by atoms with Gasteiger partial charge in [0.1, 0.15) is 36.6 Å². The Kier molecular flexibility index (Phi) is 14.6. The van der Waals surface area contributed by atoms with Gasteiger partial charge in [-0.05, 0) is 98.0 Å². The van der Waals surface area contributed by atoms with Crippen LogP contribution in [0.2, 0.25) is 5.02 Å². The maximum atomic E-state index is 14.0. The minimum absolute atomic E-state index is 0.0372. The van der Waals surface area contributed by atoms with E-state index >= 15 is 0 Å². The SMILES string of the molecule is C[C@@H](C(=O)Nc1ccc(Cl)c(OCCOCCOCCOCCOc2cccc3c2C(=O)N(C2CCC(=O)NC2=O)C3=O)c1)C1CCC(c2ccnc3ccc(F)cc23)CC1. The van der Waals surface area contributed by atoms with Gasteiger partial charge in [-0.15, -0.1) is 0 Å². The summed E-state index contributed by atoms with van der Waals surface area (Å²) in [6.45, 7) is 4.06. The molecule has 5 amide bonds. The lowest BCUT2D eigenvalue weighted by molar-refractivity contribution is -0.136. The molecule has 322 valence electrons. The first-order chi connectivity index (χ1) is 29.6. The van der Waals surface area contributed by atoms with Crippen molar-refractivity contribution in [3.05, 3.63) is 94.4 Å². The van der Waals surface area contributed by atoms with E-state index in [0.717, 1.165) is 47.0 Å². The first-order valence-electron chi connectivity index (χ1n) is 20.6. The average molecular weight is 859 g/mol. The molecule has 16 heteroatoms. The molecule has 3 aliphatic rings. The molecule has 2 N–H and O–H groups in total. The quantitative estimate of drug-likeness (QED) is 0.0781. The number of halogens is 2. The second-order valence-electron chi connectivity index (χ2n) is 15.3. The Bertz CT molecular complexity index is 2270. The smallest absolute Gasteiger partial charge is 0.266 e. The number of rotatable bonds is 19. The van der Waals surface area contributed by atoms with Gasteiger partial charge in [-0.2, -0.15) is 0 Å². The van der Waals surface area contributed by atoms with E-state index in [4.69, 9.17) is 35.3 Å². The van der Waals surface area contributed by atoms with Crippen molar-refractivity contribution < 1.29 is 52.0 Å². The molecule has 2 fully saturated rings. The molecule has 1 unspecified atom stereocenters. The third kappa shape index (κ3) is 10.5. The van der Waals surface area contributed by atoms with Crippen LogP contribution in [0.5, 0.6) is 11.5 Å². The lowest BCUT2D eigenvalue weighted by atomic mass is 9.73. The van der Waals surface area contributed by atoms with Crippen LogP contribution in [0.1, 0.15) is 77.6 Å². The van der Waals surface area contributed by atoms with Crippen molar-refractivity contribution >= 4 is 57.7 Å². The van der Waals surface area contributed by atoms with Crippen LogP contribution in [0.3, 0.4) is 0 Å². The predicted octanol–water partition coefficient (Wildman–Crippen LogP) is 6.48. The number of aromatic nitrogens is 1. The van der Waals surface area contributed by atoms with Crippen molar-refractivity contribution in [3.8, 4) is 11.5 Å². The Morgan fingerprint density at radius 1 is 0.836 bits per heavy atom. The van der Waals surface area contributed by atoms with Crippen molar-refractivity contribution in [1.29, 1.82) is 0 Å². The second kappa shape index (κ2) is 20.4. The van der Waals surface area contributed by atoms with Gasteiger partial charge in [0.25, 0.3) is 11.8 Å². The lowest BCUT2D eigenvalue weighted by Gasteiger charge is -2.32. The zero-order chi connectivity index (χ0) is 42.9. The Morgan fingerprint density at radius 3 is 2.23 bits per heavy atom. The van der Waals surface area contributed by atoms with Crippen LogP contribution in [0.25, 0.3) is 10.9 Å². The molecule has 3 heterocycles. The summed E-state index contributed by atoms with van der Waals surface area (Å²) < 4.78 is 42.4. The molecule has 0 bridgehead atoms. The van der Waals surface area contributed by atoms with Crippen molar-refractivity contribution in [2.24, 2.45) is 11.8 Å². The van der Waals surface area contributed by atoms with Crippen molar-refractivity contribution in [1.82, 2.24) is 15.2 Å². The molecular formula is C45H48ClFN4O10. The largest absolute Gasteiger partial charge is 0.490 e. The highest BCUT2D eigenvalue weighted by Gasteiger charge is 2.46. The molecule has 4 aromatic rings. The number of benzene rings is 3. The summed E-state index contributed by atoms with van der Waals surface area (Å²) in [5.74, 6) is -1.72. The molecule has 0 radical (unpaired) electrons. The minimum Gasteiger partial charge on any atom is -0.490 e. The van der Waals surface area contributed by atoms with Gasteiger partial charge >= 0.3 is 0 Å². The number of hydrogen-bond donors (Lipinski definition) is 2. The van der Waals surface area contributed by atoms with Crippen LogP contribution in [0.15, 0.2) is 66.9 Å². The minimum atomic E-state index is -1.06. The molecule has 61 heavy (non-hydrogen) atoms. The monoisotopic (exact) mass is 858 g/mol. The Labute approximate surface area is 357 Å². The summed E-state index contributed by atoms with van der Waals surface area (Å²) >= 11 is 6.38. The van der Waals surface area contributed by atoms with Gasteiger partial charge in [0.05, 0.1) is 61.3 Å². The third-order valence-corrected chi connectivity index (χ3v) is 11.7. The number of fused-ring (bicyclic) bond motifs is 2.